The molecule has 0 aliphatic carbocycles. The fourth-order valence-electron chi connectivity index (χ4n) is 2.52. The lowest BCUT2D eigenvalue weighted by atomic mass is 10.1. The second kappa shape index (κ2) is 6.80. The van der Waals surface area contributed by atoms with Gasteiger partial charge in [-0.2, -0.15) is 0 Å². The van der Waals surface area contributed by atoms with E-state index in [9.17, 15) is 18.4 Å². The smallest absolute Gasteiger partial charge is 0.261 e. The highest BCUT2D eigenvalue weighted by molar-refractivity contribution is 5.79. The molecular weight excluding hydrogens is 328 g/mol. The van der Waals surface area contributed by atoms with Crippen LogP contribution in [0.5, 0.6) is 0 Å². The third kappa shape index (κ3) is 3.71. The molecular formula is C18H15F2N3O2. The molecule has 128 valence electrons. The van der Waals surface area contributed by atoms with Gasteiger partial charge in [0, 0.05) is 0 Å². The molecule has 0 fully saturated rings. The molecule has 0 spiro atoms. The molecule has 25 heavy (non-hydrogen) atoms. The number of benzene rings is 2. The molecule has 1 atom stereocenters. The predicted octanol–water partition coefficient (Wildman–Crippen LogP) is 2.55. The monoisotopic (exact) mass is 343 g/mol. The van der Waals surface area contributed by atoms with Gasteiger partial charge in [-0.1, -0.05) is 12.1 Å². The van der Waals surface area contributed by atoms with Crippen LogP contribution < -0.4 is 10.9 Å². The Morgan fingerprint density at radius 1 is 1.16 bits per heavy atom. The van der Waals surface area contributed by atoms with Crippen molar-refractivity contribution in [3.05, 3.63) is 76.3 Å². The molecule has 0 saturated carbocycles. The zero-order valence-corrected chi connectivity index (χ0v) is 13.4. The van der Waals surface area contributed by atoms with Crippen LogP contribution in [0.15, 0.2) is 53.6 Å². The van der Waals surface area contributed by atoms with Gasteiger partial charge in [-0.25, -0.2) is 13.8 Å². The fourth-order valence-corrected chi connectivity index (χ4v) is 2.52. The molecule has 0 bridgehead atoms. The van der Waals surface area contributed by atoms with Crippen LogP contribution in [0.25, 0.3) is 10.9 Å². The molecule has 5 nitrogen and oxygen atoms in total. The third-order valence-electron chi connectivity index (χ3n) is 3.85. The summed E-state index contributed by atoms with van der Waals surface area (Å²) in [7, 11) is 0. The summed E-state index contributed by atoms with van der Waals surface area (Å²) in [4.78, 5) is 28.6. The highest BCUT2D eigenvalue weighted by Crippen LogP contribution is 2.13. The van der Waals surface area contributed by atoms with E-state index >= 15 is 0 Å². The van der Waals surface area contributed by atoms with Gasteiger partial charge in [0.05, 0.1) is 23.3 Å². The van der Waals surface area contributed by atoms with E-state index in [4.69, 9.17) is 0 Å². The minimum Gasteiger partial charge on any atom is -0.348 e. The van der Waals surface area contributed by atoms with Crippen molar-refractivity contribution in [3.63, 3.8) is 0 Å². The summed E-state index contributed by atoms with van der Waals surface area (Å²) in [5.41, 5.74) is 0.609. The number of fused-ring (bicyclic) bond motifs is 1. The fraction of sp³-hybridized carbons (Fsp3) is 0.167. The zero-order chi connectivity index (χ0) is 18.0. The Bertz CT molecular complexity index is 984. The molecule has 1 aromatic heterocycles. The van der Waals surface area contributed by atoms with Crippen molar-refractivity contribution in [3.8, 4) is 0 Å². The van der Waals surface area contributed by atoms with E-state index in [1.165, 1.54) is 30.6 Å². The highest BCUT2D eigenvalue weighted by atomic mass is 19.1. The van der Waals surface area contributed by atoms with Gasteiger partial charge in [0.1, 0.15) is 18.2 Å². The summed E-state index contributed by atoms with van der Waals surface area (Å²) >= 11 is 0. The van der Waals surface area contributed by atoms with Crippen molar-refractivity contribution >= 4 is 16.8 Å². The van der Waals surface area contributed by atoms with Crippen LogP contribution in [0.3, 0.4) is 0 Å². The van der Waals surface area contributed by atoms with Gasteiger partial charge in [0.2, 0.25) is 5.91 Å². The van der Waals surface area contributed by atoms with Crippen molar-refractivity contribution in [2.45, 2.75) is 19.5 Å². The summed E-state index contributed by atoms with van der Waals surface area (Å²) < 4.78 is 27.4. The second-order valence-electron chi connectivity index (χ2n) is 5.68. The lowest BCUT2D eigenvalue weighted by molar-refractivity contribution is -0.122. The third-order valence-corrected chi connectivity index (χ3v) is 3.85. The van der Waals surface area contributed by atoms with Gasteiger partial charge in [-0.15, -0.1) is 0 Å². The first-order valence-corrected chi connectivity index (χ1v) is 7.63. The van der Waals surface area contributed by atoms with Crippen LogP contribution in [0, 0.1) is 11.6 Å². The summed E-state index contributed by atoms with van der Waals surface area (Å²) in [6.07, 6.45) is 1.25. The van der Waals surface area contributed by atoms with Gasteiger partial charge in [-0.3, -0.25) is 14.2 Å². The first-order valence-electron chi connectivity index (χ1n) is 7.63. The minimum atomic E-state index is -0.543. The SMILES string of the molecule is C[C@@H](NC(=O)Cn1cnc2ccc(F)cc2c1=O)c1ccc(F)cc1. The van der Waals surface area contributed by atoms with Crippen molar-refractivity contribution < 1.29 is 13.6 Å². The topological polar surface area (TPSA) is 64.0 Å². The van der Waals surface area contributed by atoms with Crippen molar-refractivity contribution in [1.29, 1.82) is 0 Å². The van der Waals surface area contributed by atoms with Crippen LogP contribution in [0.4, 0.5) is 8.78 Å². The normalized spacial score (nSPS) is 12.1. The Morgan fingerprint density at radius 2 is 1.84 bits per heavy atom. The van der Waals surface area contributed by atoms with Crippen LogP contribution in [-0.2, 0) is 11.3 Å². The van der Waals surface area contributed by atoms with E-state index < -0.39 is 17.3 Å². The van der Waals surface area contributed by atoms with E-state index in [1.807, 2.05) is 0 Å². The maximum Gasteiger partial charge on any atom is 0.261 e. The number of rotatable bonds is 4. The zero-order valence-electron chi connectivity index (χ0n) is 13.4. The number of aromatic nitrogens is 2. The average Bonchev–Trinajstić information content (AvgIpc) is 2.58. The Kier molecular flexibility index (Phi) is 4.56. The number of nitrogens with one attached hydrogen (secondary N) is 1. The lowest BCUT2D eigenvalue weighted by Gasteiger charge is -2.15. The second-order valence-corrected chi connectivity index (χ2v) is 5.68. The highest BCUT2D eigenvalue weighted by Gasteiger charge is 2.12. The van der Waals surface area contributed by atoms with Gasteiger partial charge >= 0.3 is 0 Å². The van der Waals surface area contributed by atoms with E-state index in [0.717, 1.165) is 16.2 Å². The number of amides is 1. The molecule has 1 heterocycles. The molecule has 7 heteroatoms. The molecule has 0 aliphatic rings. The molecule has 1 N–H and O–H groups in total. The summed E-state index contributed by atoms with van der Waals surface area (Å²) in [6.45, 7) is 1.51. The Balaban J connectivity index is 1.76. The molecule has 3 rings (SSSR count). The number of hydrogen-bond donors (Lipinski definition) is 1. The van der Waals surface area contributed by atoms with Gasteiger partial charge in [0.25, 0.3) is 5.56 Å². The first kappa shape index (κ1) is 16.8. The van der Waals surface area contributed by atoms with Crippen LogP contribution >= 0.6 is 0 Å². The van der Waals surface area contributed by atoms with Gasteiger partial charge in [-0.05, 0) is 42.8 Å². The quantitative estimate of drug-likeness (QED) is 0.792. The molecule has 2 aromatic carbocycles. The van der Waals surface area contributed by atoms with E-state index in [1.54, 1.807) is 19.1 Å². The number of carbonyl (C=O) groups excluding carboxylic acids is 1. The maximum atomic E-state index is 13.3. The summed E-state index contributed by atoms with van der Waals surface area (Å²) in [5, 5.41) is 2.84. The molecule has 0 aliphatic heterocycles. The number of hydrogen-bond acceptors (Lipinski definition) is 3. The minimum absolute atomic E-state index is 0.113. The Labute approximate surface area is 141 Å². The molecule has 1 amide bonds. The molecule has 3 aromatic rings. The lowest BCUT2D eigenvalue weighted by Crippen LogP contribution is -2.34. The number of carbonyl (C=O) groups is 1. The average molecular weight is 343 g/mol. The molecule has 0 saturated heterocycles. The van der Waals surface area contributed by atoms with Crippen molar-refractivity contribution in [2.24, 2.45) is 0 Å². The van der Waals surface area contributed by atoms with Crippen molar-refractivity contribution in [1.82, 2.24) is 14.9 Å². The number of nitrogens with zero attached hydrogens (tertiary/aromatic N) is 2. The standard InChI is InChI=1S/C18H15F2N3O2/c1-11(12-2-4-13(19)5-3-12)22-17(24)9-23-10-21-16-7-6-14(20)8-15(16)18(23)25/h2-8,10-11H,9H2,1H3,(H,22,24)/t11-/m1/s1. The largest absolute Gasteiger partial charge is 0.348 e. The molecule has 0 unspecified atom stereocenters. The van der Waals surface area contributed by atoms with Crippen LogP contribution in [0.2, 0.25) is 0 Å². The predicted molar refractivity (Wildman–Crippen MR) is 88.9 cm³/mol. The first-order chi connectivity index (χ1) is 11.9. The van der Waals surface area contributed by atoms with Gasteiger partial charge in [0.15, 0.2) is 0 Å². The van der Waals surface area contributed by atoms with Crippen LogP contribution in [0.1, 0.15) is 18.5 Å². The van der Waals surface area contributed by atoms with Crippen LogP contribution in [-0.4, -0.2) is 15.5 Å². The Morgan fingerprint density at radius 3 is 2.56 bits per heavy atom. The number of halogens is 2. The van der Waals surface area contributed by atoms with E-state index in [2.05, 4.69) is 10.3 Å². The maximum absolute atomic E-state index is 13.3. The van der Waals surface area contributed by atoms with Crippen molar-refractivity contribution in [2.75, 3.05) is 0 Å². The van der Waals surface area contributed by atoms with E-state index in [0.29, 0.717) is 5.52 Å². The molecule has 0 radical (unpaired) electrons. The van der Waals surface area contributed by atoms with Gasteiger partial charge < -0.3 is 5.32 Å². The summed E-state index contributed by atoms with van der Waals surface area (Å²) in [6, 6.07) is 9.15. The Hall–Kier alpha value is -3.09. The summed E-state index contributed by atoms with van der Waals surface area (Å²) in [5.74, 6) is -1.31. The van der Waals surface area contributed by atoms with E-state index in [-0.39, 0.29) is 23.8 Å².